The van der Waals surface area contributed by atoms with Crippen molar-refractivity contribution < 1.29 is 14.1 Å². The molecule has 8 heteroatoms. The van der Waals surface area contributed by atoms with Crippen molar-refractivity contribution in [3.05, 3.63) is 40.3 Å². The van der Waals surface area contributed by atoms with Crippen molar-refractivity contribution in [1.82, 2.24) is 4.90 Å². The Morgan fingerprint density at radius 1 is 1.43 bits per heavy atom. The van der Waals surface area contributed by atoms with Crippen LogP contribution in [0, 0.1) is 4.78 Å². The highest BCUT2D eigenvalue weighted by Gasteiger charge is 2.41. The molecular weight excluding hydrogens is 334 g/mol. The lowest BCUT2D eigenvalue weighted by molar-refractivity contribution is 0.0268. The first kappa shape index (κ1) is 18.1. The van der Waals surface area contributed by atoms with E-state index in [1.54, 1.807) is 27.2 Å². The van der Waals surface area contributed by atoms with E-state index in [2.05, 4.69) is 0 Å². The largest absolute Gasteiger partial charge is 0.497 e. The number of methoxy groups -OCH3 is 1. The van der Waals surface area contributed by atoms with Crippen LogP contribution < -0.4 is 9.88 Å². The average Bonchev–Trinajstić information content (AvgIpc) is 2.92. The van der Waals surface area contributed by atoms with Crippen LogP contribution in [0.5, 0.6) is 5.75 Å². The number of hydrogen-bond acceptors (Lipinski definition) is 6. The van der Waals surface area contributed by atoms with E-state index in [4.69, 9.17) is 14.7 Å². The first-order valence-electron chi connectivity index (χ1n) is 7.13. The van der Waals surface area contributed by atoms with Gasteiger partial charge in [0.1, 0.15) is 25.3 Å². The zero-order chi connectivity index (χ0) is 17.4. The van der Waals surface area contributed by atoms with E-state index >= 15 is 0 Å². The van der Waals surface area contributed by atoms with E-state index in [1.165, 1.54) is 11.8 Å². The monoisotopic (exact) mass is 357 g/mol. The highest BCUT2D eigenvalue weighted by atomic mass is 32.3. The summed E-state index contributed by atoms with van der Waals surface area (Å²) in [4.78, 5) is 1.91. The molecule has 0 aromatic heterocycles. The standard InChI is InChI=1S/C15H23N3O3S2/c1-10(11-5-7-12(21-4)8-6-11)18-9-13(23(16,17)20)22-14(18)15(2,3)19/h5-10,14,19H,1-4H3,(H3,16,17,20)/t10-,14?/m1/s1. The smallest absolute Gasteiger partial charge is 0.139 e. The van der Waals surface area contributed by atoms with E-state index in [1.807, 2.05) is 36.1 Å². The van der Waals surface area contributed by atoms with Crippen molar-refractivity contribution in [3.63, 3.8) is 0 Å². The van der Waals surface area contributed by atoms with Gasteiger partial charge in [-0.2, -0.15) is 0 Å². The minimum Gasteiger partial charge on any atom is -0.497 e. The molecule has 128 valence electrons. The molecule has 3 atom stereocenters. The lowest BCUT2D eigenvalue weighted by Crippen LogP contribution is -2.43. The van der Waals surface area contributed by atoms with Gasteiger partial charge in [-0.3, -0.25) is 0 Å². The van der Waals surface area contributed by atoms with Crippen LogP contribution in [0.4, 0.5) is 0 Å². The van der Waals surface area contributed by atoms with Gasteiger partial charge >= 0.3 is 0 Å². The summed E-state index contributed by atoms with van der Waals surface area (Å²) in [5, 5.41) is 15.5. The van der Waals surface area contributed by atoms with Crippen LogP contribution in [0.1, 0.15) is 32.4 Å². The third kappa shape index (κ3) is 4.00. The summed E-state index contributed by atoms with van der Waals surface area (Å²) in [6.45, 7) is 5.37. The lowest BCUT2D eigenvalue weighted by Gasteiger charge is -2.37. The second kappa shape index (κ2) is 6.35. The van der Waals surface area contributed by atoms with Crippen molar-refractivity contribution >= 4 is 21.7 Å². The van der Waals surface area contributed by atoms with Gasteiger partial charge in [-0.1, -0.05) is 23.9 Å². The van der Waals surface area contributed by atoms with Gasteiger partial charge in [0.2, 0.25) is 0 Å². The van der Waals surface area contributed by atoms with Crippen LogP contribution in [0.25, 0.3) is 0 Å². The maximum Gasteiger partial charge on any atom is 0.139 e. The molecule has 6 nitrogen and oxygen atoms in total. The van der Waals surface area contributed by atoms with Gasteiger partial charge in [0.15, 0.2) is 0 Å². The van der Waals surface area contributed by atoms with Crippen molar-refractivity contribution in [2.24, 2.45) is 5.14 Å². The summed E-state index contributed by atoms with van der Waals surface area (Å²) in [6.07, 6.45) is 1.64. The van der Waals surface area contributed by atoms with E-state index in [-0.39, 0.29) is 15.7 Å². The predicted molar refractivity (Wildman–Crippen MR) is 94.1 cm³/mol. The molecule has 0 amide bonds. The summed E-state index contributed by atoms with van der Waals surface area (Å²) >= 11 is 1.19. The number of nitrogens with two attached hydrogens (primary N) is 1. The Bertz CT molecular complexity index is 694. The number of rotatable bonds is 5. The molecular formula is C15H23N3O3S2. The van der Waals surface area contributed by atoms with E-state index < -0.39 is 15.5 Å². The minimum absolute atomic E-state index is 0.0796. The zero-order valence-electron chi connectivity index (χ0n) is 13.6. The quantitative estimate of drug-likeness (QED) is 0.752. The van der Waals surface area contributed by atoms with Gasteiger partial charge in [0.05, 0.1) is 18.8 Å². The molecule has 2 rings (SSSR count). The Labute approximate surface area is 141 Å². The van der Waals surface area contributed by atoms with E-state index in [9.17, 15) is 9.32 Å². The molecule has 1 aromatic rings. The molecule has 0 aliphatic carbocycles. The van der Waals surface area contributed by atoms with Crippen LogP contribution in [0.15, 0.2) is 34.7 Å². The molecule has 1 aliphatic rings. The van der Waals surface area contributed by atoms with Crippen molar-refractivity contribution in [2.75, 3.05) is 7.11 Å². The Morgan fingerprint density at radius 3 is 2.43 bits per heavy atom. The van der Waals surface area contributed by atoms with E-state index in [0.717, 1.165) is 11.3 Å². The maximum atomic E-state index is 11.9. The Balaban J connectivity index is 2.36. The van der Waals surface area contributed by atoms with Crippen molar-refractivity contribution in [3.8, 4) is 5.75 Å². The molecule has 0 bridgehead atoms. The number of benzene rings is 1. The number of hydrogen-bond donors (Lipinski definition) is 3. The maximum absolute atomic E-state index is 11.9. The van der Waals surface area contributed by atoms with Crippen LogP contribution in [0.2, 0.25) is 0 Å². The second-order valence-corrected chi connectivity index (χ2v) is 9.09. The number of nitrogens with zero attached hydrogens (tertiary/aromatic N) is 1. The highest BCUT2D eigenvalue weighted by molar-refractivity contribution is 8.18. The fraction of sp³-hybridized carbons (Fsp3) is 0.467. The van der Waals surface area contributed by atoms with Crippen molar-refractivity contribution in [1.29, 1.82) is 4.78 Å². The fourth-order valence-corrected chi connectivity index (χ4v) is 4.60. The Hall–Kier alpha value is -1.22. The number of aliphatic hydroxyl groups is 1. The third-order valence-corrected chi connectivity index (χ3v) is 6.82. The number of ether oxygens (including phenoxy) is 1. The van der Waals surface area contributed by atoms with Crippen molar-refractivity contribution in [2.45, 2.75) is 37.8 Å². The normalized spacial score (nSPS) is 22.4. The molecule has 0 spiro atoms. The van der Waals surface area contributed by atoms with Gasteiger partial charge in [-0.25, -0.2) is 14.1 Å². The summed E-state index contributed by atoms with van der Waals surface area (Å²) in [5.41, 5.74) is -0.0272. The van der Waals surface area contributed by atoms with Gasteiger partial charge in [-0.15, -0.1) is 0 Å². The summed E-state index contributed by atoms with van der Waals surface area (Å²) in [6, 6.07) is 7.55. The van der Waals surface area contributed by atoms with Gasteiger partial charge in [0, 0.05) is 6.20 Å². The molecule has 0 saturated heterocycles. The number of thioether (sulfide) groups is 1. The molecule has 1 aromatic carbocycles. The number of nitrogens with one attached hydrogen (secondary N) is 1. The second-order valence-electron chi connectivity index (χ2n) is 6.07. The first-order chi connectivity index (χ1) is 10.5. The summed E-state index contributed by atoms with van der Waals surface area (Å²) in [7, 11) is -1.69. The molecule has 0 fully saturated rings. The SMILES string of the molecule is COc1ccc([C@@H](C)N2C=C(S(=N)(N)=O)SC2C(C)(C)O)cc1. The Morgan fingerprint density at radius 2 is 2.00 bits per heavy atom. The van der Waals surface area contributed by atoms with E-state index in [0.29, 0.717) is 0 Å². The predicted octanol–water partition coefficient (Wildman–Crippen LogP) is 2.62. The topological polar surface area (TPSA) is 99.6 Å². The summed E-state index contributed by atoms with van der Waals surface area (Å²) < 4.78 is 24.9. The molecule has 0 radical (unpaired) electrons. The van der Waals surface area contributed by atoms with Crippen LogP contribution in [-0.4, -0.2) is 32.3 Å². The lowest BCUT2D eigenvalue weighted by atomic mass is 10.0. The third-order valence-electron chi connectivity index (χ3n) is 3.70. The van der Waals surface area contributed by atoms with Gasteiger partial charge < -0.3 is 14.7 Å². The van der Waals surface area contributed by atoms with Gasteiger partial charge in [-0.05, 0) is 38.5 Å². The molecule has 1 aliphatic heterocycles. The Kier molecular flexibility index (Phi) is 5.00. The molecule has 1 heterocycles. The fourth-order valence-electron chi connectivity index (χ4n) is 2.42. The van der Waals surface area contributed by atoms with Crippen LogP contribution in [0.3, 0.4) is 0 Å². The summed E-state index contributed by atoms with van der Waals surface area (Å²) in [5.74, 6) is 0.767. The van der Waals surface area contributed by atoms with Gasteiger partial charge in [0.25, 0.3) is 0 Å². The van der Waals surface area contributed by atoms with Crippen LogP contribution >= 0.6 is 11.8 Å². The van der Waals surface area contributed by atoms with Crippen LogP contribution in [-0.2, 0) is 9.92 Å². The molecule has 4 N–H and O–H groups in total. The molecule has 2 unspecified atom stereocenters. The molecule has 23 heavy (non-hydrogen) atoms. The minimum atomic E-state index is -3.30. The highest BCUT2D eigenvalue weighted by Crippen LogP contribution is 2.44. The molecule has 0 saturated carbocycles. The zero-order valence-corrected chi connectivity index (χ0v) is 15.3. The average molecular weight is 358 g/mol. The first-order valence-corrected chi connectivity index (χ1v) is 9.63.